The van der Waals surface area contributed by atoms with Gasteiger partial charge in [0.05, 0.1) is 5.69 Å². The summed E-state index contributed by atoms with van der Waals surface area (Å²) < 4.78 is 0. The first kappa shape index (κ1) is 21.0. The van der Waals surface area contributed by atoms with Crippen molar-refractivity contribution in [2.75, 3.05) is 18.4 Å². The van der Waals surface area contributed by atoms with Gasteiger partial charge in [-0.05, 0) is 55.9 Å². The third kappa shape index (κ3) is 5.87. The van der Waals surface area contributed by atoms with Gasteiger partial charge in [-0.3, -0.25) is 4.79 Å². The molecule has 2 aromatic heterocycles. The summed E-state index contributed by atoms with van der Waals surface area (Å²) in [5.74, 6) is 1.75. The van der Waals surface area contributed by atoms with Gasteiger partial charge in [-0.15, -0.1) is 0 Å². The quantitative estimate of drug-likeness (QED) is 0.608. The number of piperidine rings is 1. The lowest BCUT2D eigenvalue weighted by molar-refractivity contribution is -0.132. The van der Waals surface area contributed by atoms with Crippen LogP contribution in [0.1, 0.15) is 48.4 Å². The Hall–Kier alpha value is -3.28. The molecule has 0 radical (unpaired) electrons. The van der Waals surface area contributed by atoms with Crippen LogP contribution in [-0.4, -0.2) is 38.8 Å². The molecule has 0 spiro atoms. The number of hydrogen-bond acceptors (Lipinski definition) is 5. The van der Waals surface area contributed by atoms with E-state index >= 15 is 0 Å². The van der Waals surface area contributed by atoms with E-state index in [4.69, 9.17) is 4.98 Å². The van der Waals surface area contributed by atoms with E-state index in [1.54, 1.807) is 6.20 Å². The molecule has 3 aromatic rings. The number of pyridine rings is 1. The van der Waals surface area contributed by atoms with Gasteiger partial charge >= 0.3 is 0 Å². The Morgan fingerprint density at radius 2 is 2.00 bits per heavy atom. The molecule has 160 valence electrons. The van der Waals surface area contributed by atoms with Crippen LogP contribution in [0.4, 0.5) is 11.8 Å². The molecule has 0 unspecified atom stereocenters. The highest BCUT2D eigenvalue weighted by molar-refractivity contribution is 5.76. The predicted molar refractivity (Wildman–Crippen MR) is 122 cm³/mol. The smallest absolute Gasteiger partial charge is 0.228 e. The number of aromatic nitrogens is 3. The van der Waals surface area contributed by atoms with E-state index in [1.807, 2.05) is 54.4 Å². The first-order valence-electron chi connectivity index (χ1n) is 11.0. The van der Waals surface area contributed by atoms with Crippen LogP contribution >= 0.6 is 0 Å². The SMILES string of the molecule is Cc1ccc(Nc2nccc([C@H]3CCCN(C(=O)CCCc4ccccc4)C3)n2)nc1. The molecule has 4 rings (SSSR count). The zero-order chi connectivity index (χ0) is 21.5. The molecule has 31 heavy (non-hydrogen) atoms. The van der Waals surface area contributed by atoms with Crippen LogP contribution in [0.25, 0.3) is 0 Å². The fourth-order valence-corrected chi connectivity index (χ4v) is 4.01. The number of rotatable bonds is 7. The Kier molecular flexibility index (Phi) is 6.87. The maximum atomic E-state index is 12.8. The number of hydrogen-bond donors (Lipinski definition) is 1. The minimum atomic E-state index is 0.237. The molecule has 1 aliphatic rings. The van der Waals surface area contributed by atoms with Crippen molar-refractivity contribution in [2.24, 2.45) is 0 Å². The largest absolute Gasteiger partial charge is 0.342 e. The first-order chi connectivity index (χ1) is 15.2. The van der Waals surface area contributed by atoms with Crippen molar-refractivity contribution in [1.29, 1.82) is 0 Å². The lowest BCUT2D eigenvalue weighted by atomic mass is 9.94. The molecule has 6 nitrogen and oxygen atoms in total. The number of nitrogens with one attached hydrogen (secondary N) is 1. The predicted octanol–water partition coefficient (Wildman–Crippen LogP) is 4.65. The Balaban J connectivity index is 1.33. The Morgan fingerprint density at radius 3 is 2.81 bits per heavy atom. The van der Waals surface area contributed by atoms with Gasteiger partial charge in [0.1, 0.15) is 5.82 Å². The highest BCUT2D eigenvalue weighted by Gasteiger charge is 2.25. The summed E-state index contributed by atoms with van der Waals surface area (Å²) in [6.07, 6.45) is 8.05. The fourth-order valence-electron chi connectivity index (χ4n) is 4.01. The van der Waals surface area contributed by atoms with Crippen molar-refractivity contribution in [3.05, 3.63) is 77.7 Å². The number of aryl methyl sites for hydroxylation is 2. The standard InChI is InChI=1S/C25H29N5O/c1-19-12-13-23(27-17-19)29-25-26-15-14-22(28-25)21-10-6-16-30(18-21)24(31)11-5-9-20-7-3-2-4-8-20/h2-4,7-8,12-15,17,21H,5-6,9-11,16,18H2,1H3,(H,26,27,28,29)/t21-/m0/s1. The summed E-state index contributed by atoms with van der Waals surface area (Å²) in [4.78, 5) is 28.2. The zero-order valence-electron chi connectivity index (χ0n) is 18.0. The van der Waals surface area contributed by atoms with Gasteiger partial charge < -0.3 is 10.2 Å². The Labute approximate surface area is 183 Å². The summed E-state index contributed by atoms with van der Waals surface area (Å²) in [6.45, 7) is 3.57. The van der Waals surface area contributed by atoms with Crippen molar-refractivity contribution in [3.63, 3.8) is 0 Å². The first-order valence-corrected chi connectivity index (χ1v) is 11.0. The van der Waals surface area contributed by atoms with Crippen molar-refractivity contribution in [3.8, 4) is 0 Å². The summed E-state index contributed by atoms with van der Waals surface area (Å²) in [6, 6.07) is 16.2. The zero-order valence-corrected chi connectivity index (χ0v) is 18.0. The average molecular weight is 416 g/mol. The van der Waals surface area contributed by atoms with E-state index in [2.05, 4.69) is 27.4 Å². The van der Waals surface area contributed by atoms with Crippen molar-refractivity contribution < 1.29 is 4.79 Å². The molecule has 6 heteroatoms. The monoisotopic (exact) mass is 415 g/mol. The van der Waals surface area contributed by atoms with Crippen molar-refractivity contribution in [1.82, 2.24) is 19.9 Å². The number of benzene rings is 1. The lowest BCUT2D eigenvalue weighted by Crippen LogP contribution is -2.39. The highest BCUT2D eigenvalue weighted by Crippen LogP contribution is 2.27. The lowest BCUT2D eigenvalue weighted by Gasteiger charge is -2.32. The molecule has 1 N–H and O–H groups in total. The van der Waals surface area contributed by atoms with E-state index in [1.165, 1.54) is 5.56 Å². The topological polar surface area (TPSA) is 71.0 Å². The molecule has 0 saturated carbocycles. The number of anilines is 2. The second-order valence-corrected chi connectivity index (χ2v) is 8.17. The second-order valence-electron chi connectivity index (χ2n) is 8.17. The second kappa shape index (κ2) is 10.2. The Morgan fingerprint density at radius 1 is 1.13 bits per heavy atom. The summed E-state index contributed by atoms with van der Waals surface area (Å²) in [7, 11) is 0. The van der Waals surface area contributed by atoms with Crippen LogP contribution in [0.3, 0.4) is 0 Å². The normalized spacial score (nSPS) is 16.2. The molecular weight excluding hydrogens is 386 g/mol. The van der Waals surface area contributed by atoms with Crippen molar-refractivity contribution >= 4 is 17.7 Å². The number of nitrogens with zero attached hydrogens (tertiary/aromatic N) is 4. The highest BCUT2D eigenvalue weighted by atomic mass is 16.2. The van der Waals surface area contributed by atoms with E-state index in [9.17, 15) is 4.79 Å². The molecule has 1 amide bonds. The molecular formula is C25H29N5O. The van der Waals surface area contributed by atoms with Crippen LogP contribution in [0.15, 0.2) is 60.9 Å². The molecule has 0 bridgehead atoms. The molecule has 1 aromatic carbocycles. The molecule has 1 fully saturated rings. The summed E-state index contributed by atoms with van der Waals surface area (Å²) in [5, 5.41) is 3.17. The van der Waals surface area contributed by atoms with Crippen LogP contribution < -0.4 is 5.32 Å². The molecule has 3 heterocycles. The molecule has 0 aliphatic carbocycles. The van der Waals surface area contributed by atoms with E-state index < -0.39 is 0 Å². The number of amides is 1. The third-order valence-electron chi connectivity index (χ3n) is 5.72. The maximum Gasteiger partial charge on any atom is 0.228 e. The average Bonchev–Trinajstić information content (AvgIpc) is 2.81. The van der Waals surface area contributed by atoms with Crippen molar-refractivity contribution in [2.45, 2.75) is 44.9 Å². The van der Waals surface area contributed by atoms with Crippen LogP contribution in [0.5, 0.6) is 0 Å². The fraction of sp³-hybridized carbons (Fsp3) is 0.360. The molecule has 1 atom stereocenters. The van der Waals surface area contributed by atoms with Gasteiger partial charge in [-0.25, -0.2) is 15.0 Å². The van der Waals surface area contributed by atoms with Gasteiger partial charge in [0, 0.05) is 37.8 Å². The van der Waals surface area contributed by atoms with Gasteiger partial charge in [0.2, 0.25) is 11.9 Å². The number of carbonyl (C=O) groups excluding carboxylic acids is 1. The minimum absolute atomic E-state index is 0.237. The maximum absolute atomic E-state index is 12.8. The minimum Gasteiger partial charge on any atom is -0.342 e. The number of carbonyl (C=O) groups is 1. The van der Waals surface area contributed by atoms with Gasteiger partial charge in [0.15, 0.2) is 0 Å². The third-order valence-corrected chi connectivity index (χ3v) is 5.72. The summed E-state index contributed by atoms with van der Waals surface area (Å²) >= 11 is 0. The van der Waals surface area contributed by atoms with E-state index in [0.29, 0.717) is 12.4 Å². The molecule has 1 aliphatic heterocycles. The van der Waals surface area contributed by atoms with Crippen LogP contribution in [-0.2, 0) is 11.2 Å². The molecule has 1 saturated heterocycles. The summed E-state index contributed by atoms with van der Waals surface area (Å²) in [5.41, 5.74) is 3.37. The van der Waals surface area contributed by atoms with E-state index in [0.717, 1.165) is 55.8 Å². The van der Waals surface area contributed by atoms with E-state index in [-0.39, 0.29) is 11.8 Å². The Bertz CT molecular complexity index is 990. The van der Waals surface area contributed by atoms with Gasteiger partial charge in [0.25, 0.3) is 0 Å². The van der Waals surface area contributed by atoms with Crippen LogP contribution in [0.2, 0.25) is 0 Å². The van der Waals surface area contributed by atoms with Crippen LogP contribution in [0, 0.1) is 6.92 Å². The van der Waals surface area contributed by atoms with Gasteiger partial charge in [-0.2, -0.15) is 0 Å². The number of likely N-dealkylation sites (tertiary alicyclic amines) is 1. The van der Waals surface area contributed by atoms with Gasteiger partial charge in [-0.1, -0.05) is 36.4 Å².